The van der Waals surface area contributed by atoms with Crippen molar-refractivity contribution in [3.8, 4) is 0 Å². The van der Waals surface area contributed by atoms with Gasteiger partial charge in [-0.1, -0.05) is 43.1 Å². The second-order valence-corrected chi connectivity index (χ2v) is 7.24. The Balaban J connectivity index is 2.84. The topological polar surface area (TPSA) is 84.5 Å². The Morgan fingerprint density at radius 1 is 1.22 bits per heavy atom. The smallest absolute Gasteiger partial charge is 0.329 e. The van der Waals surface area contributed by atoms with Gasteiger partial charge in [0.2, 0.25) is 0 Å². The molecule has 2 amide bonds. The van der Waals surface area contributed by atoms with Crippen LogP contribution < -0.4 is 10.6 Å². The summed E-state index contributed by atoms with van der Waals surface area (Å²) in [5, 5.41) is 5.74. The Bertz CT molecular complexity index is 707. The zero-order valence-corrected chi connectivity index (χ0v) is 17.1. The summed E-state index contributed by atoms with van der Waals surface area (Å²) in [6.45, 7) is 9.03. The van der Waals surface area contributed by atoms with E-state index in [2.05, 4.69) is 17.2 Å². The maximum absolute atomic E-state index is 12.5. The molecule has 1 aromatic rings. The lowest BCUT2D eigenvalue weighted by Gasteiger charge is -2.22. The third kappa shape index (κ3) is 7.61. The minimum atomic E-state index is -0.997. The van der Waals surface area contributed by atoms with Crippen molar-refractivity contribution in [1.29, 1.82) is 0 Å². The van der Waals surface area contributed by atoms with E-state index in [0.29, 0.717) is 11.4 Å². The highest BCUT2D eigenvalue weighted by atomic mass is 35.5. The molecule has 0 spiro atoms. The van der Waals surface area contributed by atoms with Gasteiger partial charge in [0.05, 0.1) is 10.6 Å². The van der Waals surface area contributed by atoms with Crippen LogP contribution in [0.15, 0.2) is 30.9 Å². The van der Waals surface area contributed by atoms with Crippen LogP contribution in [0, 0.1) is 5.92 Å². The van der Waals surface area contributed by atoms with E-state index in [1.54, 1.807) is 0 Å². The summed E-state index contributed by atoms with van der Waals surface area (Å²) in [4.78, 5) is 36.8. The normalized spacial score (nSPS) is 12.8. The van der Waals surface area contributed by atoms with Crippen LogP contribution in [0.4, 0.5) is 0 Å². The first-order valence-electron chi connectivity index (χ1n) is 8.50. The zero-order chi connectivity index (χ0) is 20.6. The van der Waals surface area contributed by atoms with Crippen LogP contribution in [0.3, 0.4) is 0 Å². The molecule has 0 saturated heterocycles. The van der Waals surface area contributed by atoms with Crippen molar-refractivity contribution in [3.63, 3.8) is 0 Å². The molecule has 0 bridgehead atoms. The second kappa shape index (κ2) is 10.9. The maximum Gasteiger partial charge on any atom is 0.329 e. The Morgan fingerprint density at radius 3 is 2.44 bits per heavy atom. The molecule has 1 rings (SSSR count). The molecule has 148 valence electrons. The van der Waals surface area contributed by atoms with Crippen molar-refractivity contribution < 1.29 is 19.1 Å². The molecule has 0 radical (unpaired) electrons. The van der Waals surface area contributed by atoms with Gasteiger partial charge in [0.25, 0.3) is 11.8 Å². The molecule has 2 atom stereocenters. The highest BCUT2D eigenvalue weighted by Gasteiger charge is 2.28. The fourth-order valence-corrected chi connectivity index (χ4v) is 2.72. The molecule has 0 unspecified atom stereocenters. The molecule has 0 saturated carbocycles. The van der Waals surface area contributed by atoms with Gasteiger partial charge in [-0.25, -0.2) is 4.79 Å². The van der Waals surface area contributed by atoms with E-state index in [1.165, 1.54) is 31.2 Å². The highest BCUT2D eigenvalue weighted by Crippen LogP contribution is 2.21. The van der Waals surface area contributed by atoms with Crippen LogP contribution in [0.25, 0.3) is 0 Å². The summed E-state index contributed by atoms with van der Waals surface area (Å²) in [6.07, 6.45) is 0.865. The summed E-state index contributed by atoms with van der Waals surface area (Å²) >= 11 is 11.9. The molecular weight excluding hydrogens is 391 g/mol. The molecule has 0 aliphatic heterocycles. The summed E-state index contributed by atoms with van der Waals surface area (Å²) in [5.74, 6) is -1.56. The van der Waals surface area contributed by atoms with E-state index < -0.39 is 29.9 Å². The molecule has 2 N–H and O–H groups in total. The fourth-order valence-electron chi connectivity index (χ4n) is 2.22. The van der Waals surface area contributed by atoms with Crippen molar-refractivity contribution in [3.05, 3.63) is 46.5 Å². The van der Waals surface area contributed by atoms with Gasteiger partial charge in [0, 0.05) is 11.6 Å². The number of rotatable bonds is 9. The van der Waals surface area contributed by atoms with Crippen molar-refractivity contribution in [2.75, 3.05) is 6.54 Å². The first kappa shape index (κ1) is 23.0. The first-order valence-corrected chi connectivity index (χ1v) is 9.26. The van der Waals surface area contributed by atoms with Gasteiger partial charge in [0.15, 0.2) is 6.10 Å². The predicted octanol–water partition coefficient (Wildman–Crippen LogP) is 3.37. The van der Waals surface area contributed by atoms with Crippen LogP contribution in [-0.4, -0.2) is 36.5 Å². The average molecular weight is 415 g/mol. The highest BCUT2D eigenvalue weighted by molar-refractivity contribution is 6.36. The number of hydrogen-bond donors (Lipinski definition) is 2. The predicted molar refractivity (Wildman–Crippen MR) is 106 cm³/mol. The van der Waals surface area contributed by atoms with Crippen LogP contribution >= 0.6 is 23.2 Å². The van der Waals surface area contributed by atoms with Gasteiger partial charge in [-0.3, -0.25) is 9.59 Å². The number of esters is 1. The molecule has 0 heterocycles. The van der Waals surface area contributed by atoms with Crippen LogP contribution in [0.5, 0.6) is 0 Å². The van der Waals surface area contributed by atoms with Crippen LogP contribution in [0.1, 0.15) is 37.6 Å². The summed E-state index contributed by atoms with van der Waals surface area (Å²) in [6, 6.07) is 3.53. The molecule has 8 heteroatoms. The quantitative estimate of drug-likeness (QED) is 0.479. The van der Waals surface area contributed by atoms with Gasteiger partial charge in [0.1, 0.15) is 6.04 Å². The van der Waals surface area contributed by atoms with E-state index in [9.17, 15) is 14.4 Å². The third-order valence-electron chi connectivity index (χ3n) is 3.56. The zero-order valence-electron chi connectivity index (χ0n) is 15.6. The molecule has 0 fully saturated rings. The van der Waals surface area contributed by atoms with Gasteiger partial charge < -0.3 is 15.4 Å². The summed E-state index contributed by atoms with van der Waals surface area (Å²) in [7, 11) is 0. The number of benzene rings is 1. The number of hydrogen-bond acceptors (Lipinski definition) is 4. The number of ether oxygens (including phenoxy) is 1. The third-order valence-corrected chi connectivity index (χ3v) is 4.10. The second-order valence-electron chi connectivity index (χ2n) is 6.39. The first-order chi connectivity index (χ1) is 12.6. The molecule has 1 aromatic carbocycles. The monoisotopic (exact) mass is 414 g/mol. The molecule has 0 aromatic heterocycles. The van der Waals surface area contributed by atoms with Crippen LogP contribution in [0.2, 0.25) is 10.0 Å². The Morgan fingerprint density at radius 2 is 1.89 bits per heavy atom. The SMILES string of the molecule is C=CCNC(=O)[C@@H](C)OC(=O)[C@H](CC(C)C)NC(=O)c1ccc(Cl)cc1Cl. The standard InChI is InChI=1S/C19H24Cl2N2O4/c1-5-8-22-17(24)12(4)27-19(26)16(9-11(2)3)23-18(25)14-7-6-13(20)10-15(14)21/h5-7,10-12,16H,1,8-9H2,2-4H3,(H,22,24)(H,23,25)/t12-,16+/m1/s1. The number of amides is 2. The molecule has 27 heavy (non-hydrogen) atoms. The van der Waals surface area contributed by atoms with E-state index >= 15 is 0 Å². The Hall–Kier alpha value is -2.05. The Labute approximate surface area is 169 Å². The van der Waals surface area contributed by atoms with E-state index in [1.807, 2.05) is 13.8 Å². The number of halogens is 2. The van der Waals surface area contributed by atoms with Crippen molar-refractivity contribution >= 4 is 41.0 Å². The van der Waals surface area contributed by atoms with E-state index in [-0.39, 0.29) is 23.0 Å². The Kier molecular flexibility index (Phi) is 9.32. The van der Waals surface area contributed by atoms with Gasteiger partial charge >= 0.3 is 5.97 Å². The van der Waals surface area contributed by atoms with E-state index in [4.69, 9.17) is 27.9 Å². The van der Waals surface area contributed by atoms with Crippen molar-refractivity contribution in [2.45, 2.75) is 39.3 Å². The van der Waals surface area contributed by atoms with Gasteiger partial charge in [-0.05, 0) is 37.5 Å². The van der Waals surface area contributed by atoms with Crippen LogP contribution in [-0.2, 0) is 14.3 Å². The molecule has 0 aliphatic carbocycles. The lowest BCUT2D eigenvalue weighted by atomic mass is 10.0. The molecule has 0 aliphatic rings. The van der Waals surface area contributed by atoms with Gasteiger partial charge in [-0.2, -0.15) is 0 Å². The number of carbonyl (C=O) groups excluding carboxylic acids is 3. The average Bonchev–Trinajstić information content (AvgIpc) is 2.58. The van der Waals surface area contributed by atoms with Crippen molar-refractivity contribution in [1.82, 2.24) is 10.6 Å². The number of nitrogens with one attached hydrogen (secondary N) is 2. The summed E-state index contributed by atoms with van der Waals surface area (Å²) in [5.41, 5.74) is 0.194. The lowest BCUT2D eigenvalue weighted by Crippen LogP contribution is -2.45. The lowest BCUT2D eigenvalue weighted by molar-refractivity contribution is -0.156. The minimum absolute atomic E-state index is 0.105. The summed E-state index contributed by atoms with van der Waals surface area (Å²) < 4.78 is 5.20. The maximum atomic E-state index is 12.5. The number of carbonyl (C=O) groups is 3. The minimum Gasteiger partial charge on any atom is -0.451 e. The van der Waals surface area contributed by atoms with Gasteiger partial charge in [-0.15, -0.1) is 6.58 Å². The largest absolute Gasteiger partial charge is 0.451 e. The molecular formula is C19H24Cl2N2O4. The molecule has 6 nitrogen and oxygen atoms in total. The van der Waals surface area contributed by atoms with E-state index in [0.717, 1.165) is 0 Å². The fraction of sp³-hybridized carbons (Fsp3) is 0.421. The van der Waals surface area contributed by atoms with Crippen molar-refractivity contribution in [2.24, 2.45) is 5.92 Å².